The smallest absolute Gasteiger partial charge is 0.175 e. The van der Waals surface area contributed by atoms with E-state index in [0.29, 0.717) is 17.3 Å². The molecule has 138 valence electrons. The zero-order chi connectivity index (χ0) is 18.7. The van der Waals surface area contributed by atoms with Gasteiger partial charge in [0, 0.05) is 42.2 Å². The van der Waals surface area contributed by atoms with E-state index in [0.717, 1.165) is 29.7 Å². The highest BCUT2D eigenvalue weighted by atomic mass is 32.2. The normalized spacial score (nSPS) is 11.5. The summed E-state index contributed by atoms with van der Waals surface area (Å²) in [5.74, 6) is 1.06. The number of methoxy groups -OCH3 is 1. The molecule has 3 N–H and O–H groups in total. The number of rotatable bonds is 7. The Hall–Kier alpha value is -2.74. The maximum Gasteiger partial charge on any atom is 0.175 e. The Morgan fingerprint density at radius 3 is 2.69 bits per heavy atom. The van der Waals surface area contributed by atoms with Gasteiger partial charge in [-0.1, -0.05) is 6.92 Å². The predicted octanol–water partition coefficient (Wildman–Crippen LogP) is 3.54. The third kappa shape index (κ3) is 3.75. The number of hydrogen-bond acceptors (Lipinski definition) is 6. The van der Waals surface area contributed by atoms with Crippen molar-refractivity contribution < 1.29 is 13.2 Å². The summed E-state index contributed by atoms with van der Waals surface area (Å²) in [5, 5.41) is 7.62. The van der Waals surface area contributed by atoms with Gasteiger partial charge in [0.2, 0.25) is 0 Å². The standard InChI is InChI=1S/C18H22N4O3S/c1-4-8-19-15-11-17(22-18-13(15)7-9-20-18)21-14-6-5-12(26(3,23)24)10-16(14)25-2/h5-7,9-11H,4,8H2,1-3H3,(H3,19,20,21,22). The predicted molar refractivity (Wildman–Crippen MR) is 104 cm³/mol. The number of aromatic nitrogens is 2. The fourth-order valence-corrected chi connectivity index (χ4v) is 3.29. The van der Waals surface area contributed by atoms with Crippen LogP contribution < -0.4 is 15.4 Å². The molecular formula is C18H22N4O3S. The number of benzene rings is 1. The van der Waals surface area contributed by atoms with Gasteiger partial charge in [0.05, 0.1) is 17.7 Å². The largest absolute Gasteiger partial charge is 0.495 e. The van der Waals surface area contributed by atoms with Gasteiger partial charge in [-0.05, 0) is 24.6 Å². The molecule has 0 radical (unpaired) electrons. The Morgan fingerprint density at radius 1 is 1.19 bits per heavy atom. The van der Waals surface area contributed by atoms with Crippen molar-refractivity contribution in [3.8, 4) is 5.75 Å². The summed E-state index contributed by atoms with van der Waals surface area (Å²) in [5.41, 5.74) is 2.38. The van der Waals surface area contributed by atoms with Crippen molar-refractivity contribution in [3.05, 3.63) is 36.5 Å². The van der Waals surface area contributed by atoms with Crippen molar-refractivity contribution in [2.24, 2.45) is 0 Å². The topological polar surface area (TPSA) is 96.1 Å². The SMILES string of the molecule is CCCNc1cc(Nc2ccc(S(C)(=O)=O)cc2OC)nc2[nH]ccc12. The average molecular weight is 374 g/mol. The molecule has 0 saturated carbocycles. The first-order valence-electron chi connectivity index (χ1n) is 8.29. The van der Waals surface area contributed by atoms with Crippen LogP contribution in [0.4, 0.5) is 17.2 Å². The molecule has 0 fully saturated rings. The fourth-order valence-electron chi connectivity index (χ4n) is 2.65. The Balaban J connectivity index is 1.98. The van der Waals surface area contributed by atoms with E-state index in [2.05, 4.69) is 27.5 Å². The zero-order valence-corrected chi connectivity index (χ0v) is 15.8. The summed E-state index contributed by atoms with van der Waals surface area (Å²) in [7, 11) is -1.80. The van der Waals surface area contributed by atoms with E-state index >= 15 is 0 Å². The van der Waals surface area contributed by atoms with Gasteiger partial charge in [0.1, 0.15) is 17.2 Å². The number of aromatic amines is 1. The zero-order valence-electron chi connectivity index (χ0n) is 15.0. The molecule has 0 amide bonds. The van der Waals surface area contributed by atoms with Crippen molar-refractivity contribution in [1.29, 1.82) is 0 Å². The van der Waals surface area contributed by atoms with Crippen LogP contribution in [0.5, 0.6) is 5.75 Å². The number of pyridine rings is 1. The number of ether oxygens (including phenoxy) is 1. The molecule has 3 aromatic rings. The molecule has 0 bridgehead atoms. The maximum atomic E-state index is 11.7. The van der Waals surface area contributed by atoms with E-state index in [1.807, 2.05) is 18.3 Å². The van der Waals surface area contributed by atoms with Gasteiger partial charge < -0.3 is 20.4 Å². The minimum absolute atomic E-state index is 0.206. The van der Waals surface area contributed by atoms with Crippen molar-refractivity contribution in [2.75, 3.05) is 30.5 Å². The molecule has 0 aliphatic carbocycles. The Morgan fingerprint density at radius 2 is 2.00 bits per heavy atom. The minimum Gasteiger partial charge on any atom is -0.495 e. The lowest BCUT2D eigenvalue weighted by atomic mass is 10.2. The molecule has 2 heterocycles. The number of sulfone groups is 1. The monoisotopic (exact) mass is 374 g/mol. The number of hydrogen-bond donors (Lipinski definition) is 3. The highest BCUT2D eigenvalue weighted by molar-refractivity contribution is 7.90. The van der Waals surface area contributed by atoms with Crippen molar-refractivity contribution in [1.82, 2.24) is 9.97 Å². The molecule has 0 atom stereocenters. The van der Waals surface area contributed by atoms with Crippen LogP contribution in [-0.4, -0.2) is 38.3 Å². The molecule has 2 aromatic heterocycles. The van der Waals surface area contributed by atoms with E-state index in [4.69, 9.17) is 4.74 Å². The number of nitrogens with one attached hydrogen (secondary N) is 3. The number of nitrogens with zero attached hydrogens (tertiary/aromatic N) is 1. The van der Waals surface area contributed by atoms with E-state index in [-0.39, 0.29) is 4.90 Å². The average Bonchev–Trinajstić information content (AvgIpc) is 3.07. The second-order valence-corrected chi connectivity index (χ2v) is 8.00. The molecule has 8 heteroatoms. The van der Waals surface area contributed by atoms with Gasteiger partial charge in [-0.2, -0.15) is 0 Å². The summed E-state index contributed by atoms with van der Waals surface area (Å²) in [6, 6.07) is 8.63. The Bertz CT molecular complexity index is 1030. The van der Waals surface area contributed by atoms with Gasteiger partial charge in [0.25, 0.3) is 0 Å². The molecule has 3 rings (SSSR count). The van der Waals surface area contributed by atoms with E-state index in [9.17, 15) is 8.42 Å². The van der Waals surface area contributed by atoms with Crippen LogP contribution in [0.15, 0.2) is 41.4 Å². The summed E-state index contributed by atoms with van der Waals surface area (Å²) < 4.78 is 28.8. The molecule has 0 aliphatic heterocycles. The maximum absolute atomic E-state index is 11.7. The Labute approximate surface area is 152 Å². The molecular weight excluding hydrogens is 352 g/mol. The first-order chi connectivity index (χ1) is 12.4. The van der Waals surface area contributed by atoms with Gasteiger partial charge in [0.15, 0.2) is 9.84 Å². The third-order valence-electron chi connectivity index (χ3n) is 3.96. The number of H-pyrrole nitrogens is 1. The van der Waals surface area contributed by atoms with Crippen LogP contribution in [0, 0.1) is 0 Å². The lowest BCUT2D eigenvalue weighted by molar-refractivity contribution is 0.415. The quantitative estimate of drug-likeness (QED) is 0.585. The van der Waals surface area contributed by atoms with E-state index in [1.54, 1.807) is 12.1 Å². The molecule has 0 saturated heterocycles. The van der Waals surface area contributed by atoms with E-state index < -0.39 is 9.84 Å². The number of fused-ring (bicyclic) bond motifs is 1. The molecule has 1 aromatic carbocycles. The second-order valence-electron chi connectivity index (χ2n) is 5.98. The van der Waals surface area contributed by atoms with Gasteiger partial charge in [-0.25, -0.2) is 13.4 Å². The lowest BCUT2D eigenvalue weighted by Crippen LogP contribution is -2.04. The van der Waals surface area contributed by atoms with Crippen LogP contribution in [-0.2, 0) is 9.84 Å². The molecule has 26 heavy (non-hydrogen) atoms. The fraction of sp³-hybridized carbons (Fsp3) is 0.278. The van der Waals surface area contributed by atoms with Crippen LogP contribution in [0.25, 0.3) is 11.0 Å². The molecule has 0 aliphatic rings. The van der Waals surface area contributed by atoms with Crippen LogP contribution in [0.3, 0.4) is 0 Å². The van der Waals surface area contributed by atoms with Crippen molar-refractivity contribution in [3.63, 3.8) is 0 Å². The highest BCUT2D eigenvalue weighted by Gasteiger charge is 2.13. The summed E-state index contributed by atoms with van der Waals surface area (Å²) in [6.45, 7) is 2.96. The van der Waals surface area contributed by atoms with Gasteiger partial charge in [-0.3, -0.25) is 0 Å². The first-order valence-corrected chi connectivity index (χ1v) is 10.2. The number of anilines is 3. The first kappa shape index (κ1) is 18.1. The Kier molecular flexibility index (Phi) is 5.03. The van der Waals surface area contributed by atoms with Crippen molar-refractivity contribution >= 4 is 38.1 Å². The van der Waals surface area contributed by atoms with Crippen LogP contribution in [0.2, 0.25) is 0 Å². The second kappa shape index (κ2) is 7.25. The molecule has 0 spiro atoms. The summed E-state index contributed by atoms with van der Waals surface area (Å²) in [6.07, 6.45) is 4.03. The van der Waals surface area contributed by atoms with Crippen LogP contribution >= 0.6 is 0 Å². The third-order valence-corrected chi connectivity index (χ3v) is 5.07. The van der Waals surface area contributed by atoms with Crippen molar-refractivity contribution in [2.45, 2.75) is 18.2 Å². The highest BCUT2D eigenvalue weighted by Crippen LogP contribution is 2.32. The van der Waals surface area contributed by atoms with Gasteiger partial charge >= 0.3 is 0 Å². The minimum atomic E-state index is -3.30. The lowest BCUT2D eigenvalue weighted by Gasteiger charge is -2.14. The van der Waals surface area contributed by atoms with E-state index in [1.165, 1.54) is 19.4 Å². The molecule has 0 unspecified atom stereocenters. The van der Waals surface area contributed by atoms with Gasteiger partial charge in [-0.15, -0.1) is 0 Å². The summed E-state index contributed by atoms with van der Waals surface area (Å²) in [4.78, 5) is 7.89. The summed E-state index contributed by atoms with van der Waals surface area (Å²) >= 11 is 0. The van der Waals surface area contributed by atoms with Crippen LogP contribution in [0.1, 0.15) is 13.3 Å². The molecule has 7 nitrogen and oxygen atoms in total.